The van der Waals surface area contributed by atoms with Crippen molar-refractivity contribution >= 4 is 34.5 Å². The van der Waals surface area contributed by atoms with Crippen molar-refractivity contribution in [1.82, 2.24) is 10.6 Å². The van der Waals surface area contributed by atoms with Crippen LogP contribution < -0.4 is 10.6 Å². The predicted octanol–water partition coefficient (Wildman–Crippen LogP) is 1.44. The van der Waals surface area contributed by atoms with Gasteiger partial charge in [-0.2, -0.15) is 0 Å². The summed E-state index contributed by atoms with van der Waals surface area (Å²) in [5, 5.41) is 6.29. The molecule has 0 bridgehead atoms. The summed E-state index contributed by atoms with van der Waals surface area (Å²) in [5.74, 6) is 0.621. The first kappa shape index (κ1) is 10.1. The second-order valence-electron chi connectivity index (χ2n) is 2.29. The standard InChI is InChI=1S/C8H10N2OS2/c1-2-9-8(13)10-7(12)6-4-3-5-11-6/h3-5H,2H2,1H3,(H2,9,10,12,13). The Kier molecular flexibility index (Phi) is 3.85. The van der Waals surface area contributed by atoms with E-state index in [0.717, 1.165) is 6.54 Å². The van der Waals surface area contributed by atoms with Gasteiger partial charge in [-0.25, -0.2) is 0 Å². The summed E-state index contributed by atoms with van der Waals surface area (Å²) in [4.78, 5) is 0.496. The topological polar surface area (TPSA) is 37.2 Å². The van der Waals surface area contributed by atoms with Crippen LogP contribution >= 0.6 is 24.4 Å². The fraction of sp³-hybridized carbons (Fsp3) is 0.250. The summed E-state index contributed by atoms with van der Waals surface area (Å²) in [6, 6.07) is 3.56. The van der Waals surface area contributed by atoms with Crippen LogP contribution in [0.1, 0.15) is 12.7 Å². The van der Waals surface area contributed by atoms with Gasteiger partial charge < -0.3 is 15.1 Å². The quantitative estimate of drug-likeness (QED) is 0.729. The Labute approximate surface area is 87.5 Å². The van der Waals surface area contributed by atoms with Crippen molar-refractivity contribution < 1.29 is 4.42 Å². The van der Waals surface area contributed by atoms with Gasteiger partial charge in [0.05, 0.1) is 6.26 Å². The number of thiocarbonyl (C=S) groups is 2. The Hall–Kier alpha value is -0.940. The molecule has 13 heavy (non-hydrogen) atoms. The van der Waals surface area contributed by atoms with Crippen molar-refractivity contribution in [3.8, 4) is 0 Å². The lowest BCUT2D eigenvalue weighted by molar-refractivity contribution is 0.557. The van der Waals surface area contributed by atoms with Crippen LogP contribution in [0.3, 0.4) is 0 Å². The maximum Gasteiger partial charge on any atom is 0.171 e. The van der Waals surface area contributed by atoms with E-state index in [2.05, 4.69) is 10.6 Å². The fourth-order valence-electron chi connectivity index (χ4n) is 0.777. The second kappa shape index (κ2) is 4.94. The molecule has 5 heteroatoms. The zero-order chi connectivity index (χ0) is 9.68. The highest BCUT2D eigenvalue weighted by Gasteiger charge is 2.04. The molecule has 0 unspecified atom stereocenters. The zero-order valence-corrected chi connectivity index (χ0v) is 8.80. The Bertz CT molecular complexity index is 295. The zero-order valence-electron chi connectivity index (χ0n) is 7.16. The van der Waals surface area contributed by atoms with Gasteiger partial charge in [0.25, 0.3) is 0 Å². The van der Waals surface area contributed by atoms with Crippen LogP contribution in [0.2, 0.25) is 0 Å². The Morgan fingerprint density at radius 3 is 2.85 bits per heavy atom. The van der Waals surface area contributed by atoms with Gasteiger partial charge in [0.15, 0.2) is 10.9 Å². The maximum absolute atomic E-state index is 5.08. The molecule has 0 aliphatic carbocycles. The minimum Gasteiger partial charge on any atom is -0.462 e. The number of hydrogen-bond acceptors (Lipinski definition) is 3. The van der Waals surface area contributed by atoms with E-state index in [9.17, 15) is 0 Å². The van der Waals surface area contributed by atoms with Crippen molar-refractivity contribution in [3.05, 3.63) is 24.2 Å². The molecule has 1 heterocycles. The SMILES string of the molecule is CCNC(=S)NC(=S)c1ccco1. The van der Waals surface area contributed by atoms with E-state index in [1.165, 1.54) is 0 Å². The molecule has 2 N–H and O–H groups in total. The molecule has 1 aromatic heterocycles. The highest BCUT2D eigenvalue weighted by molar-refractivity contribution is 7.82. The van der Waals surface area contributed by atoms with E-state index < -0.39 is 0 Å². The first-order valence-corrected chi connectivity index (χ1v) is 4.68. The largest absolute Gasteiger partial charge is 0.462 e. The van der Waals surface area contributed by atoms with Gasteiger partial charge in [-0.15, -0.1) is 0 Å². The number of hydrogen-bond donors (Lipinski definition) is 2. The van der Waals surface area contributed by atoms with E-state index in [4.69, 9.17) is 28.9 Å². The maximum atomic E-state index is 5.08. The third-order valence-corrected chi connectivity index (χ3v) is 1.86. The molecular weight excluding hydrogens is 204 g/mol. The molecule has 0 radical (unpaired) electrons. The third-order valence-electron chi connectivity index (χ3n) is 1.31. The molecule has 0 spiro atoms. The van der Waals surface area contributed by atoms with E-state index >= 15 is 0 Å². The number of furan rings is 1. The van der Waals surface area contributed by atoms with E-state index in [-0.39, 0.29) is 0 Å². The van der Waals surface area contributed by atoms with Gasteiger partial charge in [-0.3, -0.25) is 0 Å². The molecule has 0 amide bonds. The molecular formula is C8H10N2OS2. The summed E-state index contributed by atoms with van der Waals surface area (Å²) >= 11 is 9.98. The average molecular weight is 214 g/mol. The second-order valence-corrected chi connectivity index (χ2v) is 3.11. The Morgan fingerprint density at radius 2 is 2.31 bits per heavy atom. The van der Waals surface area contributed by atoms with Gasteiger partial charge in [0.1, 0.15) is 4.99 Å². The molecule has 1 rings (SSSR count). The van der Waals surface area contributed by atoms with Gasteiger partial charge in [0, 0.05) is 6.54 Å². The Morgan fingerprint density at radius 1 is 1.54 bits per heavy atom. The number of nitrogens with one attached hydrogen (secondary N) is 2. The highest BCUT2D eigenvalue weighted by atomic mass is 32.1. The van der Waals surface area contributed by atoms with E-state index in [1.54, 1.807) is 18.4 Å². The molecule has 70 valence electrons. The van der Waals surface area contributed by atoms with Crippen LogP contribution in [0.4, 0.5) is 0 Å². The minimum atomic E-state index is 0.496. The van der Waals surface area contributed by atoms with Crippen LogP contribution in [0, 0.1) is 0 Å². The molecule has 0 aliphatic heterocycles. The van der Waals surface area contributed by atoms with Crippen molar-refractivity contribution in [2.24, 2.45) is 0 Å². The third kappa shape index (κ3) is 3.12. The number of rotatable bonds is 2. The van der Waals surface area contributed by atoms with Gasteiger partial charge in [0.2, 0.25) is 0 Å². The first-order chi connectivity index (χ1) is 6.24. The summed E-state index contributed by atoms with van der Waals surface area (Å²) in [6.45, 7) is 2.73. The van der Waals surface area contributed by atoms with Gasteiger partial charge in [-0.1, -0.05) is 12.2 Å². The average Bonchev–Trinajstić information content (AvgIpc) is 2.55. The molecule has 0 aliphatic rings. The minimum absolute atomic E-state index is 0.496. The van der Waals surface area contributed by atoms with E-state index in [1.807, 2.05) is 6.92 Å². The molecule has 0 saturated heterocycles. The summed E-state index contributed by atoms with van der Waals surface area (Å²) < 4.78 is 5.08. The van der Waals surface area contributed by atoms with Crippen molar-refractivity contribution in [2.75, 3.05) is 6.54 Å². The monoisotopic (exact) mass is 214 g/mol. The molecule has 0 aromatic carbocycles. The summed E-state index contributed by atoms with van der Waals surface area (Å²) in [5.41, 5.74) is 0. The van der Waals surface area contributed by atoms with E-state index in [0.29, 0.717) is 15.9 Å². The van der Waals surface area contributed by atoms with Crippen LogP contribution in [-0.4, -0.2) is 16.6 Å². The van der Waals surface area contributed by atoms with Crippen LogP contribution in [0.15, 0.2) is 22.8 Å². The molecule has 0 atom stereocenters. The van der Waals surface area contributed by atoms with Gasteiger partial charge >= 0.3 is 0 Å². The van der Waals surface area contributed by atoms with Crippen molar-refractivity contribution in [2.45, 2.75) is 6.92 Å². The lowest BCUT2D eigenvalue weighted by Crippen LogP contribution is -2.38. The summed E-state index contributed by atoms with van der Waals surface area (Å²) in [7, 11) is 0. The van der Waals surface area contributed by atoms with Crippen LogP contribution in [0.5, 0.6) is 0 Å². The highest BCUT2D eigenvalue weighted by Crippen LogP contribution is 1.99. The molecule has 3 nitrogen and oxygen atoms in total. The Balaban J connectivity index is 2.47. The lowest BCUT2D eigenvalue weighted by atomic mass is 10.4. The van der Waals surface area contributed by atoms with Crippen molar-refractivity contribution in [1.29, 1.82) is 0 Å². The summed E-state index contributed by atoms with van der Waals surface area (Å²) in [6.07, 6.45) is 1.57. The predicted molar refractivity (Wildman–Crippen MR) is 59.8 cm³/mol. The first-order valence-electron chi connectivity index (χ1n) is 3.86. The molecule has 1 aromatic rings. The van der Waals surface area contributed by atoms with Crippen LogP contribution in [0.25, 0.3) is 0 Å². The molecule has 0 saturated carbocycles. The van der Waals surface area contributed by atoms with Crippen molar-refractivity contribution in [3.63, 3.8) is 0 Å². The normalized spacial score (nSPS) is 9.31. The van der Waals surface area contributed by atoms with Gasteiger partial charge in [-0.05, 0) is 31.3 Å². The lowest BCUT2D eigenvalue weighted by Gasteiger charge is -2.07. The van der Waals surface area contributed by atoms with Crippen LogP contribution in [-0.2, 0) is 0 Å². The molecule has 0 fully saturated rings. The fourth-order valence-corrected chi connectivity index (χ4v) is 1.31. The smallest absolute Gasteiger partial charge is 0.171 e.